The third kappa shape index (κ3) is 11.1. The summed E-state index contributed by atoms with van der Waals surface area (Å²) in [5.74, 6) is 0.613. The first-order chi connectivity index (χ1) is 46.0. The Bertz CT molecular complexity index is 5210. The molecule has 0 N–H and O–H groups in total. The summed E-state index contributed by atoms with van der Waals surface area (Å²) in [6.07, 6.45) is 4.89. The number of imidazole rings is 1. The second-order valence-electron chi connectivity index (χ2n) is 25.5. The third-order valence-corrected chi connectivity index (χ3v) is 15.4. The summed E-state index contributed by atoms with van der Waals surface area (Å²) >= 11 is 0. The van der Waals surface area contributed by atoms with Crippen LogP contribution in [0.3, 0.4) is 0 Å². The first kappa shape index (κ1) is 41.0. The molecule has 0 aliphatic carbocycles. The Kier molecular flexibility index (Phi) is 10.6. The van der Waals surface area contributed by atoms with Gasteiger partial charge >= 0.3 is 0 Å². The van der Waals surface area contributed by atoms with Gasteiger partial charge < -0.3 is 13.9 Å². The molecule has 3 heterocycles. The van der Waals surface area contributed by atoms with Gasteiger partial charge in [-0.1, -0.05) is 233 Å². The van der Waals surface area contributed by atoms with Crippen molar-refractivity contribution in [3.05, 3.63) is 246 Å². The zero-order valence-corrected chi connectivity index (χ0v) is 51.5. The maximum absolute atomic E-state index is 9.54. The predicted molar refractivity (Wildman–Crippen MR) is 346 cm³/mol. The van der Waals surface area contributed by atoms with Gasteiger partial charge in [0.25, 0.3) is 6.33 Å². The topological polar surface area (TPSA) is 35.9 Å². The number of fused-ring (bicyclic) bond motifs is 4. The van der Waals surface area contributed by atoms with Crippen LogP contribution >= 0.6 is 0 Å². The molecule has 0 aliphatic heterocycles. The van der Waals surface area contributed by atoms with Gasteiger partial charge in [-0.15, -0.1) is 29.7 Å². The van der Waals surface area contributed by atoms with Crippen molar-refractivity contribution in [3.63, 3.8) is 0 Å². The van der Waals surface area contributed by atoms with Gasteiger partial charge in [-0.25, -0.2) is 4.98 Å². The van der Waals surface area contributed by atoms with Gasteiger partial charge in [0.15, 0.2) is 0 Å². The summed E-state index contributed by atoms with van der Waals surface area (Å²) in [6, 6.07) is 40.9. The number of aromatic nitrogens is 4. The molecular weight excluding hydrogens is 1200 g/mol. The maximum atomic E-state index is 9.54. The monoisotopic (exact) mass is 1290 g/mol. The van der Waals surface area contributed by atoms with Gasteiger partial charge in [-0.2, -0.15) is 18.2 Å². The molecule has 6 heteroatoms. The van der Waals surface area contributed by atoms with E-state index < -0.39 is 85.0 Å². The van der Waals surface area contributed by atoms with Gasteiger partial charge in [0.2, 0.25) is 0 Å². The molecule has 0 unspecified atom stereocenters. The Labute approximate surface area is 534 Å². The number of ether oxygens (including phenoxy) is 1. The first-order valence-electron chi connectivity index (χ1n) is 35.9. The molecule has 0 radical (unpaired) electrons. The molecule has 0 bridgehead atoms. The van der Waals surface area contributed by atoms with Crippen molar-refractivity contribution in [2.45, 2.75) is 118 Å². The first-order valence-corrected chi connectivity index (χ1v) is 27.9. The molecule has 0 saturated carbocycles. The average molecular weight is 1290 g/mol. The molecule has 0 aliphatic rings. The van der Waals surface area contributed by atoms with E-state index >= 15 is 0 Å². The van der Waals surface area contributed by atoms with Crippen molar-refractivity contribution in [2.75, 3.05) is 0 Å². The fraction of sp³-hybridized carbons (Fsp3) is 0.231. The minimum Gasteiger partial charge on any atom is -0.510 e. The smallest absolute Gasteiger partial charge is 0.268 e. The van der Waals surface area contributed by atoms with Gasteiger partial charge in [0.05, 0.1) is 30.4 Å². The van der Waals surface area contributed by atoms with Gasteiger partial charge in [0.1, 0.15) is 5.82 Å². The molecule has 12 rings (SSSR count). The van der Waals surface area contributed by atoms with E-state index in [4.69, 9.17) is 28.9 Å². The van der Waals surface area contributed by atoms with Crippen LogP contribution in [0.1, 0.15) is 138 Å². The van der Waals surface area contributed by atoms with E-state index in [1.165, 1.54) is 18.3 Å². The predicted octanol–water partition coefficient (Wildman–Crippen LogP) is 20.1. The van der Waals surface area contributed by atoms with Crippen LogP contribution in [-0.2, 0) is 42.7 Å². The number of para-hydroxylation sites is 1. The molecule has 0 fully saturated rings. The van der Waals surface area contributed by atoms with Crippen LogP contribution in [0, 0.1) is 32.2 Å². The van der Waals surface area contributed by atoms with Crippen molar-refractivity contribution in [1.82, 2.24) is 14.1 Å². The number of nitrogens with zero attached hydrogens (tertiary/aromatic N) is 4. The van der Waals surface area contributed by atoms with Crippen molar-refractivity contribution in [1.29, 1.82) is 0 Å². The summed E-state index contributed by atoms with van der Waals surface area (Å²) < 4.78 is 153. The van der Waals surface area contributed by atoms with E-state index in [1.54, 1.807) is 33.4 Å². The standard InChI is InChI=1S/C78H74N4O.Pt/c1-50-36-66(52-24-17-15-18-25-52)74(67(37-50)56-41-59(77(9,10)11)45-60(42-56)78(12,13)14)81-49-80(72-43-54(32-35-70(72)81)55-39-57(75(3,4)5)44-58(40-55)76(6,7)8)61-28-23-29-62(46-61)83-63-33-34-65-64-30-21-22-31-69(64)82(71(65)47-63)73-38-51(2)68(48-79-73)53-26-19-16-20-27-53;/h15-45,48H,1-14H3;/q-2;/i1D3,2D3,15D,16D,17D,18D,19D,20D,24D,25D,26D,27D;. The molecule has 0 amide bonds. The summed E-state index contributed by atoms with van der Waals surface area (Å²) in [4.78, 5) is 4.74. The van der Waals surface area contributed by atoms with Crippen molar-refractivity contribution in [2.24, 2.45) is 0 Å². The Morgan fingerprint density at radius 3 is 1.69 bits per heavy atom. The maximum Gasteiger partial charge on any atom is 0.268 e. The van der Waals surface area contributed by atoms with E-state index in [9.17, 15) is 2.74 Å². The molecule has 0 saturated heterocycles. The van der Waals surface area contributed by atoms with Crippen molar-refractivity contribution >= 4 is 32.8 Å². The molecule has 3 aromatic heterocycles. The minimum atomic E-state index is -2.84. The molecule has 84 heavy (non-hydrogen) atoms. The molecule has 5 nitrogen and oxygen atoms in total. The van der Waals surface area contributed by atoms with E-state index in [1.807, 2.05) is 65.2 Å². The normalized spacial score (nSPS) is 15.3. The fourth-order valence-electron chi connectivity index (χ4n) is 10.7. The Balaban J connectivity index is 0.0000101. The molecule has 0 atom stereocenters. The van der Waals surface area contributed by atoms with Gasteiger partial charge in [-0.05, 0) is 131 Å². The quantitative estimate of drug-likeness (QED) is 0.107. The van der Waals surface area contributed by atoms with Crippen LogP contribution in [0.4, 0.5) is 0 Å². The SMILES string of the molecule is [2H]c1c([2H])c([2H])c(-c2cnc(-n3c4[c-]c(Oc5[c-]c(-n6[c-][n+](-c7c(-c8cc(C(C)(C)C)cc(C(C)(C)C)c8)cc(C([2H])([2H])[2H])cc7-c7c([2H])c([2H])c([2H])c([2H])c7[2H])c7ccc(-c8cc(C(C)(C)C)cc(C(C)(C)C)c8)cc76)ccc5)ccc4c4ccccc43)cc2C([2H])([2H])[2H])c([2H])c1[2H].[Pt]. The summed E-state index contributed by atoms with van der Waals surface area (Å²) in [6.45, 7) is 20.1. The van der Waals surface area contributed by atoms with E-state index in [2.05, 4.69) is 132 Å². The molecule has 0 spiro atoms. The Hall–Kier alpha value is -8.11. The summed E-state index contributed by atoms with van der Waals surface area (Å²) in [5.41, 5.74) is 7.72. The van der Waals surface area contributed by atoms with Crippen LogP contribution < -0.4 is 9.30 Å². The number of hydrogen-bond donors (Lipinski definition) is 0. The number of rotatable bonds is 9. The Morgan fingerprint density at radius 2 is 1.08 bits per heavy atom. The number of pyridine rings is 1. The zero-order chi connectivity index (χ0) is 72.0. The minimum absolute atomic E-state index is 0. The van der Waals surface area contributed by atoms with Gasteiger partial charge in [0, 0.05) is 58.1 Å². The fourth-order valence-corrected chi connectivity index (χ4v) is 10.7. The summed E-state index contributed by atoms with van der Waals surface area (Å²) in [5, 5.41) is 1.49. The van der Waals surface area contributed by atoms with Crippen LogP contribution in [0.5, 0.6) is 11.5 Å². The van der Waals surface area contributed by atoms with Crippen LogP contribution in [0.25, 0.3) is 94.5 Å². The Morgan fingerprint density at radius 1 is 0.500 bits per heavy atom. The van der Waals surface area contributed by atoms with Crippen LogP contribution in [0.15, 0.2) is 194 Å². The van der Waals surface area contributed by atoms with Crippen LogP contribution in [-0.4, -0.2) is 14.1 Å². The molecule has 12 aromatic rings. The second kappa shape index (κ2) is 21.8. The van der Waals surface area contributed by atoms with E-state index in [0.717, 1.165) is 38.8 Å². The number of hydrogen-bond acceptors (Lipinski definition) is 2. The molecular formula is C78H74N4OPt-2. The van der Waals surface area contributed by atoms with Crippen LogP contribution in [0.2, 0.25) is 0 Å². The van der Waals surface area contributed by atoms with Crippen molar-refractivity contribution in [3.8, 4) is 73.2 Å². The number of benzene rings is 9. The molecule has 424 valence electrons. The summed E-state index contributed by atoms with van der Waals surface area (Å²) in [7, 11) is 0. The molecule has 9 aromatic carbocycles. The largest absolute Gasteiger partial charge is 0.510 e. The van der Waals surface area contributed by atoms with Gasteiger partial charge in [-0.3, -0.25) is 4.57 Å². The second-order valence-corrected chi connectivity index (χ2v) is 25.5. The number of aryl methyl sites for hydroxylation is 2. The van der Waals surface area contributed by atoms with Crippen molar-refractivity contribution < 1.29 is 52.3 Å². The average Bonchev–Trinajstić information content (AvgIpc) is 1.43. The van der Waals surface area contributed by atoms with E-state index in [0.29, 0.717) is 50.0 Å². The van der Waals surface area contributed by atoms with E-state index in [-0.39, 0.29) is 82.6 Å². The third-order valence-electron chi connectivity index (χ3n) is 15.4. The zero-order valence-electron chi connectivity index (χ0n) is 65.2.